The van der Waals surface area contributed by atoms with Crippen molar-refractivity contribution in [1.29, 1.82) is 0 Å². The molecule has 4 heterocycles. The lowest BCUT2D eigenvalue weighted by molar-refractivity contribution is -0.121. The first-order valence-corrected chi connectivity index (χ1v) is 11.0. The molecule has 1 amide bonds. The van der Waals surface area contributed by atoms with E-state index >= 15 is 0 Å². The van der Waals surface area contributed by atoms with E-state index in [4.69, 9.17) is 26.7 Å². The van der Waals surface area contributed by atoms with Crippen LogP contribution >= 0.6 is 11.6 Å². The van der Waals surface area contributed by atoms with Crippen LogP contribution in [0.25, 0.3) is 27.9 Å². The quantitative estimate of drug-likeness (QED) is 0.509. The van der Waals surface area contributed by atoms with Gasteiger partial charge in [0.05, 0.1) is 28.3 Å². The van der Waals surface area contributed by atoms with Crippen LogP contribution in [0.1, 0.15) is 38.1 Å². The van der Waals surface area contributed by atoms with Crippen molar-refractivity contribution in [3.8, 4) is 11.4 Å². The molecule has 1 aliphatic heterocycles. The molecule has 2 N–H and O–H groups in total. The van der Waals surface area contributed by atoms with Gasteiger partial charge >= 0.3 is 0 Å². The van der Waals surface area contributed by atoms with Crippen molar-refractivity contribution in [2.24, 2.45) is 0 Å². The number of rotatable bonds is 4. The fourth-order valence-corrected chi connectivity index (χ4v) is 4.25. The van der Waals surface area contributed by atoms with E-state index in [2.05, 4.69) is 15.7 Å². The third kappa shape index (κ3) is 3.29. The Bertz CT molecular complexity index is 1310. The summed E-state index contributed by atoms with van der Waals surface area (Å²) >= 11 is 6.46. The second-order valence-corrected chi connectivity index (χ2v) is 8.57. The predicted octanol–water partition coefficient (Wildman–Crippen LogP) is 3.21. The topological polar surface area (TPSA) is 102 Å². The van der Waals surface area contributed by atoms with Crippen molar-refractivity contribution in [2.45, 2.75) is 44.2 Å². The lowest BCUT2D eigenvalue weighted by atomic mass is 10.1. The Balaban J connectivity index is 1.49. The highest BCUT2D eigenvalue weighted by Gasteiger charge is 2.26. The van der Waals surface area contributed by atoms with Crippen LogP contribution in [0, 0.1) is 0 Å². The summed E-state index contributed by atoms with van der Waals surface area (Å²) in [6.45, 7) is 0.696. The zero-order valence-corrected chi connectivity index (χ0v) is 17.5. The molecule has 31 heavy (non-hydrogen) atoms. The van der Waals surface area contributed by atoms with Gasteiger partial charge in [-0.2, -0.15) is 9.61 Å². The highest BCUT2D eigenvalue weighted by Crippen LogP contribution is 2.35. The average Bonchev–Trinajstić information content (AvgIpc) is 3.38. The Morgan fingerprint density at radius 2 is 2.06 bits per heavy atom. The molecule has 2 fully saturated rings. The average molecular weight is 437 g/mol. The number of carbonyl (C=O) groups is 1. The zero-order valence-electron chi connectivity index (χ0n) is 16.8. The maximum absolute atomic E-state index is 12.5. The van der Waals surface area contributed by atoms with Crippen molar-refractivity contribution < 1.29 is 4.79 Å². The molecule has 4 aromatic rings. The van der Waals surface area contributed by atoms with Gasteiger partial charge < -0.3 is 10.6 Å². The molecule has 1 aromatic carbocycles. The first kappa shape index (κ1) is 18.6. The van der Waals surface area contributed by atoms with Crippen LogP contribution in [-0.4, -0.2) is 47.9 Å². The first-order valence-electron chi connectivity index (χ1n) is 10.6. The molecule has 0 radical (unpaired) electrons. The summed E-state index contributed by atoms with van der Waals surface area (Å²) in [5.74, 6) is 0.985. The number of carbonyl (C=O) groups excluding carboxylic acids is 1. The van der Waals surface area contributed by atoms with Crippen molar-refractivity contribution >= 4 is 40.0 Å². The monoisotopic (exact) mass is 436 g/mol. The van der Waals surface area contributed by atoms with Crippen LogP contribution in [0.2, 0.25) is 5.02 Å². The minimum absolute atomic E-state index is 0.0299. The molecule has 6 rings (SSSR count). The summed E-state index contributed by atoms with van der Waals surface area (Å²) in [5, 5.41) is 16.8. The Morgan fingerprint density at radius 1 is 1.16 bits per heavy atom. The van der Waals surface area contributed by atoms with Gasteiger partial charge in [-0.1, -0.05) is 17.7 Å². The number of para-hydroxylation sites is 1. The zero-order chi connectivity index (χ0) is 20.9. The molecule has 3 aromatic heterocycles. The molecule has 0 spiro atoms. The van der Waals surface area contributed by atoms with Crippen LogP contribution in [0.3, 0.4) is 0 Å². The van der Waals surface area contributed by atoms with Crippen LogP contribution in [0.5, 0.6) is 0 Å². The van der Waals surface area contributed by atoms with Crippen LogP contribution in [0.4, 0.5) is 5.95 Å². The van der Waals surface area contributed by atoms with E-state index < -0.39 is 0 Å². The maximum atomic E-state index is 12.5. The van der Waals surface area contributed by atoms with Gasteiger partial charge in [-0.25, -0.2) is 9.97 Å². The number of hydrogen-bond acceptors (Lipinski definition) is 6. The molecule has 0 bridgehead atoms. The van der Waals surface area contributed by atoms with Crippen LogP contribution in [0.15, 0.2) is 30.6 Å². The lowest BCUT2D eigenvalue weighted by Gasteiger charge is -2.16. The number of amides is 1. The Morgan fingerprint density at radius 3 is 2.94 bits per heavy atom. The molecule has 2 aliphatic rings. The first-order chi connectivity index (χ1) is 15.2. The molecule has 158 valence electrons. The second-order valence-electron chi connectivity index (χ2n) is 8.17. The summed E-state index contributed by atoms with van der Waals surface area (Å²) in [5.41, 5.74) is 2.11. The maximum Gasteiger partial charge on any atom is 0.242 e. The fourth-order valence-electron chi connectivity index (χ4n) is 4.04. The van der Waals surface area contributed by atoms with E-state index in [9.17, 15) is 4.79 Å². The summed E-state index contributed by atoms with van der Waals surface area (Å²) in [6.07, 6.45) is 8.74. The third-order valence-corrected chi connectivity index (χ3v) is 6.18. The molecule has 1 atom stereocenters. The number of benzene rings is 1. The van der Waals surface area contributed by atoms with Gasteiger partial charge in [0, 0.05) is 18.1 Å². The molecular weight excluding hydrogens is 416 g/mol. The van der Waals surface area contributed by atoms with Gasteiger partial charge in [-0.05, 0) is 44.2 Å². The number of fused-ring (bicyclic) bond motifs is 3. The van der Waals surface area contributed by atoms with Gasteiger partial charge in [0.15, 0.2) is 11.5 Å². The normalized spacial score (nSPS) is 19.5. The second kappa shape index (κ2) is 7.19. The number of halogens is 1. The summed E-state index contributed by atoms with van der Waals surface area (Å²) in [7, 11) is 0. The minimum atomic E-state index is -0.386. The van der Waals surface area contributed by atoms with Crippen molar-refractivity contribution in [1.82, 2.24) is 34.7 Å². The largest absolute Gasteiger partial charge is 0.354 e. The van der Waals surface area contributed by atoms with Gasteiger partial charge in [0.1, 0.15) is 6.04 Å². The highest BCUT2D eigenvalue weighted by atomic mass is 35.5. The number of nitrogens with zero attached hydrogens (tertiary/aromatic N) is 6. The smallest absolute Gasteiger partial charge is 0.242 e. The molecule has 1 saturated heterocycles. The van der Waals surface area contributed by atoms with E-state index in [0.717, 1.165) is 43.1 Å². The van der Waals surface area contributed by atoms with Crippen molar-refractivity contribution in [3.05, 3.63) is 35.6 Å². The number of hydrogen-bond donors (Lipinski definition) is 2. The Kier molecular flexibility index (Phi) is 4.31. The van der Waals surface area contributed by atoms with Gasteiger partial charge in [-0.3, -0.25) is 9.48 Å². The molecule has 1 saturated carbocycles. The van der Waals surface area contributed by atoms with E-state index in [1.165, 1.54) is 0 Å². The molecular formula is C21H21ClN8O. The van der Waals surface area contributed by atoms with E-state index in [1.807, 2.05) is 23.0 Å². The number of aromatic nitrogens is 6. The molecule has 1 aliphatic carbocycles. The predicted molar refractivity (Wildman–Crippen MR) is 117 cm³/mol. The molecule has 0 unspecified atom stereocenters. The number of nitrogens with one attached hydrogen (secondary N) is 2. The van der Waals surface area contributed by atoms with Gasteiger partial charge in [0.25, 0.3) is 0 Å². The lowest BCUT2D eigenvalue weighted by Crippen LogP contribution is -2.38. The van der Waals surface area contributed by atoms with E-state index in [0.29, 0.717) is 40.5 Å². The van der Waals surface area contributed by atoms with Crippen LogP contribution in [-0.2, 0) is 4.79 Å². The standard InChI is InChI=1S/C21H21ClN8O/c22-15-5-3-4-14-17(15)26-21(25-16-6-1-2-9-23-20(16)31)30-19(14)27-18(28-30)12-10-24-29(11-12)13-7-8-13/h3-5,10-11,13,16H,1-2,6-9H2,(H,23,31)(H,25,26)/t16-/m1/s1. The van der Waals surface area contributed by atoms with Crippen molar-refractivity contribution in [2.75, 3.05) is 11.9 Å². The van der Waals surface area contributed by atoms with Crippen LogP contribution < -0.4 is 10.6 Å². The van der Waals surface area contributed by atoms with E-state index in [-0.39, 0.29) is 11.9 Å². The summed E-state index contributed by atoms with van der Waals surface area (Å²) in [4.78, 5) is 22.0. The van der Waals surface area contributed by atoms with Gasteiger partial charge in [-0.15, -0.1) is 5.10 Å². The Hall–Kier alpha value is -3.20. The van der Waals surface area contributed by atoms with Crippen molar-refractivity contribution in [3.63, 3.8) is 0 Å². The summed E-state index contributed by atoms with van der Waals surface area (Å²) < 4.78 is 3.64. The molecule has 9 nitrogen and oxygen atoms in total. The molecule has 10 heteroatoms. The fraction of sp³-hybridized carbons (Fsp3) is 0.381. The Labute approximate surface area is 182 Å². The SMILES string of the molecule is O=C1NCCCC[C@H]1Nc1nc2c(Cl)cccc2c2nc(-c3cnn(C4CC4)c3)nn12. The minimum Gasteiger partial charge on any atom is -0.354 e. The number of anilines is 1. The highest BCUT2D eigenvalue weighted by molar-refractivity contribution is 6.35. The summed E-state index contributed by atoms with van der Waals surface area (Å²) in [6, 6.07) is 5.70. The van der Waals surface area contributed by atoms with E-state index in [1.54, 1.807) is 16.8 Å². The third-order valence-electron chi connectivity index (χ3n) is 5.87. The van der Waals surface area contributed by atoms with Gasteiger partial charge in [0.2, 0.25) is 11.9 Å².